The number of aryl methyl sites for hydroxylation is 1. The summed E-state index contributed by atoms with van der Waals surface area (Å²) >= 11 is 0. The van der Waals surface area contributed by atoms with E-state index >= 15 is 0 Å². The van der Waals surface area contributed by atoms with Gasteiger partial charge in [0.15, 0.2) is 0 Å². The van der Waals surface area contributed by atoms with Crippen molar-refractivity contribution in [2.45, 2.75) is 31.8 Å². The molecular weight excluding hydrogens is 344 g/mol. The Bertz CT molecular complexity index is 943. The van der Waals surface area contributed by atoms with Crippen LogP contribution in [-0.4, -0.2) is 49.5 Å². The van der Waals surface area contributed by atoms with Gasteiger partial charge in [0.2, 0.25) is 5.91 Å². The average Bonchev–Trinajstić information content (AvgIpc) is 3.17. The minimum atomic E-state index is -0.890. The molecule has 1 aliphatic rings. The number of anilines is 1. The van der Waals surface area contributed by atoms with Crippen LogP contribution in [0.15, 0.2) is 31.0 Å². The van der Waals surface area contributed by atoms with Crippen molar-refractivity contribution in [3.63, 3.8) is 0 Å². The van der Waals surface area contributed by atoms with Crippen LogP contribution in [0.2, 0.25) is 0 Å². The molecule has 3 aromatic heterocycles. The summed E-state index contributed by atoms with van der Waals surface area (Å²) in [6, 6.07) is 1.96. The van der Waals surface area contributed by atoms with Crippen molar-refractivity contribution >= 4 is 22.8 Å². The number of piperidine rings is 1. The van der Waals surface area contributed by atoms with E-state index in [1.807, 2.05) is 19.2 Å². The summed E-state index contributed by atoms with van der Waals surface area (Å²) in [6.45, 7) is 3.51. The number of H-pyrrole nitrogens is 1. The van der Waals surface area contributed by atoms with Crippen LogP contribution in [0.1, 0.15) is 24.2 Å². The molecule has 27 heavy (non-hydrogen) atoms. The van der Waals surface area contributed by atoms with Gasteiger partial charge >= 0.3 is 0 Å². The van der Waals surface area contributed by atoms with Gasteiger partial charge in [-0.1, -0.05) is 0 Å². The van der Waals surface area contributed by atoms with Crippen LogP contribution in [0, 0.1) is 6.92 Å². The highest BCUT2D eigenvalue weighted by atomic mass is 16.2. The molecule has 0 spiro atoms. The standard InChI is InChI=1S/C18H22N8O/c1-12-8-22-13(9-21-12)10-23-17(27)18(19)3-6-26(7-4-18)16-14-2-5-20-15(14)24-11-25-16/h2,5,8-9,11H,3-4,6-7,10,19H2,1H3,(H,23,27)(H,20,24,25). The van der Waals surface area contributed by atoms with Crippen LogP contribution in [0.25, 0.3) is 11.0 Å². The van der Waals surface area contributed by atoms with E-state index in [9.17, 15) is 4.79 Å². The van der Waals surface area contributed by atoms with Crippen LogP contribution in [-0.2, 0) is 11.3 Å². The van der Waals surface area contributed by atoms with Crippen LogP contribution in [0.4, 0.5) is 5.82 Å². The lowest BCUT2D eigenvalue weighted by Gasteiger charge is -2.38. The van der Waals surface area contributed by atoms with Gasteiger partial charge in [0.25, 0.3) is 0 Å². The molecule has 9 nitrogen and oxygen atoms in total. The molecule has 140 valence electrons. The molecular formula is C18H22N8O. The molecule has 1 saturated heterocycles. The molecule has 1 fully saturated rings. The summed E-state index contributed by atoms with van der Waals surface area (Å²) in [6.07, 6.45) is 7.85. The second kappa shape index (κ2) is 6.92. The number of fused-ring (bicyclic) bond motifs is 1. The smallest absolute Gasteiger partial charge is 0.240 e. The molecule has 4 rings (SSSR count). The molecule has 0 saturated carbocycles. The monoisotopic (exact) mass is 366 g/mol. The van der Waals surface area contributed by atoms with Gasteiger partial charge < -0.3 is 20.9 Å². The molecule has 1 amide bonds. The van der Waals surface area contributed by atoms with Crippen LogP contribution < -0.4 is 16.0 Å². The molecule has 0 radical (unpaired) electrons. The number of carbonyl (C=O) groups is 1. The first-order valence-corrected chi connectivity index (χ1v) is 8.93. The fourth-order valence-corrected chi connectivity index (χ4v) is 3.31. The number of carbonyl (C=O) groups excluding carboxylic acids is 1. The third kappa shape index (κ3) is 3.45. The van der Waals surface area contributed by atoms with Gasteiger partial charge in [-0.05, 0) is 25.8 Å². The molecule has 4 N–H and O–H groups in total. The van der Waals surface area contributed by atoms with Crippen LogP contribution in [0.3, 0.4) is 0 Å². The zero-order valence-electron chi connectivity index (χ0n) is 15.1. The number of nitrogens with one attached hydrogen (secondary N) is 2. The van der Waals surface area contributed by atoms with Gasteiger partial charge in [0, 0.05) is 25.5 Å². The first kappa shape index (κ1) is 17.3. The fourth-order valence-electron chi connectivity index (χ4n) is 3.31. The van der Waals surface area contributed by atoms with Gasteiger partial charge in [0.1, 0.15) is 17.8 Å². The topological polar surface area (TPSA) is 126 Å². The van der Waals surface area contributed by atoms with Gasteiger partial charge in [-0.25, -0.2) is 9.97 Å². The quantitative estimate of drug-likeness (QED) is 0.619. The van der Waals surface area contributed by atoms with Crippen molar-refractivity contribution in [2.75, 3.05) is 18.0 Å². The SMILES string of the molecule is Cc1cnc(CNC(=O)C2(N)CCN(c3ncnc4[nH]ccc34)CC2)cn1. The Morgan fingerprint density at radius 1 is 1.26 bits per heavy atom. The number of amides is 1. The zero-order chi connectivity index (χ0) is 18.9. The van der Waals surface area contributed by atoms with E-state index in [-0.39, 0.29) is 5.91 Å². The zero-order valence-corrected chi connectivity index (χ0v) is 15.1. The largest absolute Gasteiger partial charge is 0.356 e. The highest BCUT2D eigenvalue weighted by Crippen LogP contribution is 2.28. The van der Waals surface area contributed by atoms with E-state index in [1.54, 1.807) is 18.7 Å². The van der Waals surface area contributed by atoms with E-state index in [2.05, 4.69) is 35.1 Å². The minimum Gasteiger partial charge on any atom is -0.356 e. The third-order valence-corrected chi connectivity index (χ3v) is 5.00. The van der Waals surface area contributed by atoms with E-state index in [4.69, 9.17) is 5.73 Å². The van der Waals surface area contributed by atoms with Crippen LogP contribution >= 0.6 is 0 Å². The van der Waals surface area contributed by atoms with Gasteiger partial charge in [-0.15, -0.1) is 0 Å². The number of rotatable bonds is 4. The van der Waals surface area contributed by atoms with Gasteiger partial charge in [0.05, 0.1) is 35.1 Å². The van der Waals surface area contributed by atoms with Crippen LogP contribution in [0.5, 0.6) is 0 Å². The number of hydrogen-bond donors (Lipinski definition) is 3. The minimum absolute atomic E-state index is 0.154. The average molecular weight is 366 g/mol. The molecule has 4 heterocycles. The molecule has 0 aromatic carbocycles. The Labute approximate surface area is 156 Å². The Morgan fingerprint density at radius 2 is 2.07 bits per heavy atom. The molecule has 0 atom stereocenters. The lowest BCUT2D eigenvalue weighted by atomic mass is 9.87. The maximum Gasteiger partial charge on any atom is 0.240 e. The predicted molar refractivity (Wildman–Crippen MR) is 101 cm³/mol. The van der Waals surface area contributed by atoms with Gasteiger partial charge in [-0.2, -0.15) is 0 Å². The molecule has 3 aromatic rings. The molecule has 0 bridgehead atoms. The normalized spacial score (nSPS) is 16.4. The number of aromatic amines is 1. The van der Waals surface area contributed by atoms with Crippen molar-refractivity contribution in [2.24, 2.45) is 5.73 Å². The van der Waals surface area contributed by atoms with Gasteiger partial charge in [-0.3, -0.25) is 14.8 Å². The van der Waals surface area contributed by atoms with E-state index < -0.39 is 5.54 Å². The predicted octanol–water partition coefficient (Wildman–Crippen LogP) is 0.670. The molecule has 9 heteroatoms. The highest BCUT2D eigenvalue weighted by molar-refractivity contribution is 5.88. The summed E-state index contributed by atoms with van der Waals surface area (Å²) in [5.41, 5.74) is 7.88. The van der Waals surface area contributed by atoms with E-state index in [1.165, 1.54) is 0 Å². The third-order valence-electron chi connectivity index (χ3n) is 5.00. The summed E-state index contributed by atoms with van der Waals surface area (Å²) < 4.78 is 0. The number of nitrogens with zero attached hydrogens (tertiary/aromatic N) is 5. The van der Waals surface area contributed by atoms with Crippen molar-refractivity contribution in [3.8, 4) is 0 Å². The molecule has 0 aliphatic carbocycles. The second-order valence-corrected chi connectivity index (χ2v) is 6.91. The Morgan fingerprint density at radius 3 is 2.81 bits per heavy atom. The molecule has 1 aliphatic heterocycles. The van der Waals surface area contributed by atoms with Crippen molar-refractivity contribution < 1.29 is 4.79 Å². The number of nitrogens with two attached hydrogens (primary N) is 1. The lowest BCUT2D eigenvalue weighted by molar-refractivity contribution is -0.127. The van der Waals surface area contributed by atoms with E-state index in [0.717, 1.165) is 22.5 Å². The Balaban J connectivity index is 1.39. The maximum atomic E-state index is 12.6. The second-order valence-electron chi connectivity index (χ2n) is 6.91. The Hall–Kier alpha value is -3.07. The lowest BCUT2D eigenvalue weighted by Crippen LogP contribution is -2.59. The van der Waals surface area contributed by atoms with E-state index in [0.29, 0.717) is 38.2 Å². The van der Waals surface area contributed by atoms with Crippen molar-refractivity contribution in [3.05, 3.63) is 42.4 Å². The Kier molecular flexibility index (Phi) is 4.44. The fraction of sp³-hybridized carbons (Fsp3) is 0.389. The van der Waals surface area contributed by atoms with Crippen molar-refractivity contribution in [1.29, 1.82) is 0 Å². The molecule has 0 unspecified atom stereocenters. The summed E-state index contributed by atoms with van der Waals surface area (Å²) in [4.78, 5) is 35.0. The first-order valence-electron chi connectivity index (χ1n) is 8.93. The number of aromatic nitrogens is 5. The maximum absolute atomic E-state index is 12.6. The summed E-state index contributed by atoms with van der Waals surface area (Å²) in [5.74, 6) is 0.720. The van der Waals surface area contributed by atoms with Crippen molar-refractivity contribution in [1.82, 2.24) is 30.2 Å². The summed E-state index contributed by atoms with van der Waals surface area (Å²) in [7, 11) is 0. The summed E-state index contributed by atoms with van der Waals surface area (Å²) in [5, 5.41) is 3.87. The highest BCUT2D eigenvalue weighted by Gasteiger charge is 2.38. The first-order chi connectivity index (χ1) is 13.0. The number of hydrogen-bond acceptors (Lipinski definition) is 7.